The molecule has 1 heterocycles. The van der Waals surface area contributed by atoms with E-state index < -0.39 is 0 Å². The normalized spacial score (nSPS) is 11.8. The van der Waals surface area contributed by atoms with Crippen LogP contribution in [-0.2, 0) is 0 Å². The van der Waals surface area contributed by atoms with E-state index in [1.807, 2.05) is 32.7 Å². The summed E-state index contributed by atoms with van der Waals surface area (Å²) in [7, 11) is 3.58. The molecule has 7 heteroatoms. The van der Waals surface area contributed by atoms with Crippen LogP contribution in [0.1, 0.15) is 27.2 Å². The summed E-state index contributed by atoms with van der Waals surface area (Å²) in [5.41, 5.74) is 0. The van der Waals surface area contributed by atoms with Gasteiger partial charge in [-0.2, -0.15) is 20.2 Å². The van der Waals surface area contributed by atoms with Crippen LogP contribution in [-0.4, -0.2) is 41.2 Å². The molecular weight excluding hydrogens is 244 g/mol. The molecule has 0 fully saturated rings. The summed E-state index contributed by atoms with van der Waals surface area (Å²) in [5.74, 6) is 0.925. The minimum absolute atomic E-state index is 0.0122. The number of nitrogens with zero attached hydrogens (tertiary/aromatic N) is 5. The summed E-state index contributed by atoms with van der Waals surface area (Å²) in [6.45, 7) is 5.75. The van der Waals surface area contributed by atoms with Gasteiger partial charge >= 0.3 is 6.01 Å². The van der Waals surface area contributed by atoms with Crippen molar-refractivity contribution in [2.45, 2.75) is 39.3 Å². The van der Waals surface area contributed by atoms with Crippen LogP contribution in [0.2, 0.25) is 0 Å². The Labute approximate surface area is 113 Å². The first-order chi connectivity index (χ1) is 8.97. The van der Waals surface area contributed by atoms with Gasteiger partial charge in [-0.05, 0) is 20.8 Å². The Hall–Kier alpha value is -2.10. The van der Waals surface area contributed by atoms with Crippen LogP contribution in [0.4, 0.5) is 11.9 Å². The molecule has 1 N–H and O–H groups in total. The molecule has 1 unspecified atom stereocenters. The van der Waals surface area contributed by atoms with E-state index in [4.69, 9.17) is 10.00 Å². The van der Waals surface area contributed by atoms with E-state index in [9.17, 15) is 0 Å². The smallest absolute Gasteiger partial charge is 0.323 e. The van der Waals surface area contributed by atoms with E-state index in [0.717, 1.165) is 0 Å². The Kier molecular flexibility index (Phi) is 5.30. The first-order valence-corrected chi connectivity index (χ1v) is 6.18. The van der Waals surface area contributed by atoms with Crippen LogP contribution in [0, 0.1) is 11.3 Å². The molecule has 1 aromatic rings. The SMILES string of the molecule is CNc1nc(OC(C)C)nc(N(C)C(C)CC#N)n1. The molecule has 7 nitrogen and oxygen atoms in total. The van der Waals surface area contributed by atoms with Gasteiger partial charge in [-0.3, -0.25) is 0 Å². The molecule has 1 rings (SSSR count). The molecule has 1 aromatic heterocycles. The fourth-order valence-corrected chi connectivity index (χ4v) is 1.35. The van der Waals surface area contributed by atoms with Gasteiger partial charge in [0, 0.05) is 20.1 Å². The van der Waals surface area contributed by atoms with Crippen LogP contribution in [0.15, 0.2) is 0 Å². The fourth-order valence-electron chi connectivity index (χ4n) is 1.35. The summed E-state index contributed by atoms with van der Waals surface area (Å²) in [6, 6.07) is 2.43. The second-order valence-electron chi connectivity index (χ2n) is 4.48. The second kappa shape index (κ2) is 6.73. The zero-order valence-electron chi connectivity index (χ0n) is 12.0. The summed E-state index contributed by atoms with van der Waals surface area (Å²) < 4.78 is 5.49. The summed E-state index contributed by atoms with van der Waals surface area (Å²) >= 11 is 0. The van der Waals surface area contributed by atoms with Crippen LogP contribution >= 0.6 is 0 Å². The Bertz CT molecular complexity index is 456. The van der Waals surface area contributed by atoms with E-state index in [0.29, 0.717) is 18.3 Å². The second-order valence-corrected chi connectivity index (χ2v) is 4.48. The Morgan fingerprint density at radius 2 is 2.00 bits per heavy atom. The molecule has 0 spiro atoms. The molecule has 0 aromatic carbocycles. The van der Waals surface area contributed by atoms with Gasteiger partial charge in [0.15, 0.2) is 0 Å². The lowest BCUT2D eigenvalue weighted by Gasteiger charge is -2.23. The van der Waals surface area contributed by atoms with Crippen molar-refractivity contribution >= 4 is 11.9 Å². The highest BCUT2D eigenvalue weighted by Crippen LogP contribution is 2.17. The molecule has 0 radical (unpaired) electrons. The molecule has 0 bridgehead atoms. The first kappa shape index (κ1) is 15.0. The average molecular weight is 264 g/mol. The predicted molar refractivity (Wildman–Crippen MR) is 73.2 cm³/mol. The van der Waals surface area contributed by atoms with Crippen molar-refractivity contribution in [2.75, 3.05) is 24.3 Å². The van der Waals surface area contributed by atoms with Crippen molar-refractivity contribution in [1.82, 2.24) is 15.0 Å². The molecule has 104 valence electrons. The van der Waals surface area contributed by atoms with Crippen molar-refractivity contribution in [3.05, 3.63) is 0 Å². The molecule has 19 heavy (non-hydrogen) atoms. The molecule has 0 aliphatic carbocycles. The van der Waals surface area contributed by atoms with E-state index in [2.05, 4.69) is 26.3 Å². The van der Waals surface area contributed by atoms with Crippen molar-refractivity contribution in [2.24, 2.45) is 0 Å². The maximum Gasteiger partial charge on any atom is 0.323 e. The van der Waals surface area contributed by atoms with Gasteiger partial charge in [0.25, 0.3) is 0 Å². The van der Waals surface area contributed by atoms with Crippen molar-refractivity contribution in [3.63, 3.8) is 0 Å². The fraction of sp³-hybridized carbons (Fsp3) is 0.667. The topological polar surface area (TPSA) is 87.0 Å². The number of ether oxygens (including phenoxy) is 1. The van der Waals surface area contributed by atoms with Gasteiger partial charge < -0.3 is 15.0 Å². The Morgan fingerprint density at radius 1 is 1.32 bits per heavy atom. The number of nitriles is 1. The number of rotatable bonds is 6. The maximum absolute atomic E-state index is 8.74. The third kappa shape index (κ3) is 4.25. The molecule has 1 atom stereocenters. The van der Waals surface area contributed by atoms with E-state index in [1.165, 1.54) is 0 Å². The Balaban J connectivity index is 3.02. The number of hydrogen-bond acceptors (Lipinski definition) is 7. The highest BCUT2D eigenvalue weighted by atomic mass is 16.5. The molecule has 0 amide bonds. The number of aromatic nitrogens is 3. The standard InChI is InChI=1S/C12H20N6O/c1-8(2)19-12-16-10(14-4)15-11(17-12)18(5)9(3)6-7-13/h8-9H,6H2,1-5H3,(H,14,15,16,17). The first-order valence-electron chi connectivity index (χ1n) is 6.18. The van der Waals surface area contributed by atoms with E-state index >= 15 is 0 Å². The van der Waals surface area contributed by atoms with Crippen molar-refractivity contribution in [3.8, 4) is 12.1 Å². The van der Waals surface area contributed by atoms with Gasteiger partial charge in [-0.15, -0.1) is 0 Å². The molecule has 0 saturated carbocycles. The van der Waals surface area contributed by atoms with Gasteiger partial charge in [-0.1, -0.05) is 0 Å². The van der Waals surface area contributed by atoms with E-state index in [-0.39, 0.29) is 18.2 Å². The number of anilines is 2. The zero-order chi connectivity index (χ0) is 14.4. The summed E-state index contributed by atoms with van der Waals surface area (Å²) in [4.78, 5) is 14.5. The summed E-state index contributed by atoms with van der Waals surface area (Å²) in [6.07, 6.45) is 0.388. The van der Waals surface area contributed by atoms with Gasteiger partial charge in [0.1, 0.15) is 0 Å². The van der Waals surface area contributed by atoms with Gasteiger partial charge in [-0.25, -0.2) is 0 Å². The zero-order valence-corrected chi connectivity index (χ0v) is 12.0. The van der Waals surface area contributed by atoms with Crippen LogP contribution in [0.5, 0.6) is 6.01 Å². The number of hydrogen-bond donors (Lipinski definition) is 1. The summed E-state index contributed by atoms with van der Waals surface area (Å²) in [5, 5.41) is 11.6. The molecule has 0 aliphatic heterocycles. The lowest BCUT2D eigenvalue weighted by Crippen LogP contribution is -2.30. The highest BCUT2D eigenvalue weighted by Gasteiger charge is 2.16. The molecule has 0 saturated heterocycles. The third-order valence-electron chi connectivity index (χ3n) is 2.53. The highest BCUT2D eigenvalue weighted by molar-refractivity contribution is 5.38. The predicted octanol–water partition coefficient (Wildman–Crippen LogP) is 1.44. The maximum atomic E-state index is 8.74. The largest absolute Gasteiger partial charge is 0.461 e. The average Bonchev–Trinajstić information content (AvgIpc) is 2.36. The molecular formula is C12H20N6O. The lowest BCUT2D eigenvalue weighted by atomic mass is 10.2. The lowest BCUT2D eigenvalue weighted by molar-refractivity contribution is 0.222. The van der Waals surface area contributed by atoms with Crippen LogP contribution < -0.4 is 15.0 Å². The van der Waals surface area contributed by atoms with Gasteiger partial charge in [0.05, 0.1) is 18.6 Å². The quantitative estimate of drug-likeness (QED) is 0.831. The molecule has 0 aliphatic rings. The van der Waals surface area contributed by atoms with Crippen molar-refractivity contribution < 1.29 is 4.74 Å². The van der Waals surface area contributed by atoms with E-state index in [1.54, 1.807) is 7.05 Å². The van der Waals surface area contributed by atoms with Crippen LogP contribution in [0.25, 0.3) is 0 Å². The third-order valence-corrected chi connectivity index (χ3v) is 2.53. The van der Waals surface area contributed by atoms with Crippen molar-refractivity contribution in [1.29, 1.82) is 5.26 Å². The monoisotopic (exact) mass is 264 g/mol. The number of nitrogens with one attached hydrogen (secondary N) is 1. The minimum Gasteiger partial charge on any atom is -0.461 e. The van der Waals surface area contributed by atoms with Crippen LogP contribution in [0.3, 0.4) is 0 Å². The Morgan fingerprint density at radius 3 is 2.53 bits per heavy atom. The minimum atomic E-state index is -0.0122. The van der Waals surface area contributed by atoms with Gasteiger partial charge in [0.2, 0.25) is 11.9 Å².